The Morgan fingerprint density at radius 2 is 1.69 bits per heavy atom. The fourth-order valence-electron chi connectivity index (χ4n) is 5.93. The van der Waals surface area contributed by atoms with Gasteiger partial charge in [-0.15, -0.1) is 0 Å². The van der Waals surface area contributed by atoms with E-state index in [-0.39, 0.29) is 17.9 Å². The van der Waals surface area contributed by atoms with E-state index in [4.69, 9.17) is 5.26 Å². The maximum Gasteiger partial charge on any atom is 0.257 e. The minimum Gasteiger partial charge on any atom is -0.375 e. The molecule has 1 amide bonds. The van der Waals surface area contributed by atoms with Gasteiger partial charge in [0.1, 0.15) is 0 Å². The molecule has 1 aliphatic heterocycles. The maximum absolute atomic E-state index is 13.5. The number of nitriles is 1. The molecule has 3 unspecified atom stereocenters. The number of amides is 1. The Hall–Kier alpha value is -2.68. The second-order valence-electron chi connectivity index (χ2n) is 9.80. The Labute approximate surface area is 190 Å². The molecule has 2 aliphatic carbocycles. The van der Waals surface area contributed by atoms with Crippen molar-refractivity contribution in [1.82, 2.24) is 10.2 Å². The van der Waals surface area contributed by atoms with Crippen LogP contribution < -0.4 is 5.32 Å². The third-order valence-corrected chi connectivity index (χ3v) is 7.81. The first-order valence-corrected chi connectivity index (χ1v) is 11.9. The number of hydrogen-bond acceptors (Lipinski definition) is 4. The molecule has 166 valence electrons. The first kappa shape index (κ1) is 21.2. The lowest BCUT2D eigenvalue weighted by Crippen LogP contribution is -2.51. The van der Waals surface area contributed by atoms with Gasteiger partial charge in [-0.1, -0.05) is 61.7 Å². The smallest absolute Gasteiger partial charge is 0.257 e. The van der Waals surface area contributed by atoms with E-state index in [1.807, 2.05) is 54.6 Å². The normalized spacial score (nSPS) is 27.2. The van der Waals surface area contributed by atoms with Crippen molar-refractivity contribution in [2.24, 2.45) is 17.8 Å². The lowest BCUT2D eigenvalue weighted by atomic mass is 9.73. The highest BCUT2D eigenvalue weighted by Gasteiger charge is 2.58. The molecule has 0 aromatic heterocycles. The molecule has 3 fully saturated rings. The van der Waals surface area contributed by atoms with Gasteiger partial charge >= 0.3 is 0 Å². The van der Waals surface area contributed by atoms with E-state index in [2.05, 4.69) is 16.3 Å². The summed E-state index contributed by atoms with van der Waals surface area (Å²) >= 11 is 0. The number of piperidine rings is 1. The van der Waals surface area contributed by atoms with E-state index in [1.54, 1.807) is 0 Å². The molecule has 2 N–H and O–H groups in total. The van der Waals surface area contributed by atoms with Crippen LogP contribution in [0.15, 0.2) is 54.6 Å². The molecule has 0 radical (unpaired) electrons. The molecular weight excluding hydrogens is 398 g/mol. The molecule has 32 heavy (non-hydrogen) atoms. The number of benzene rings is 2. The first-order valence-electron chi connectivity index (χ1n) is 11.9. The van der Waals surface area contributed by atoms with Crippen molar-refractivity contribution in [2.45, 2.75) is 50.3 Å². The first-order chi connectivity index (χ1) is 15.6. The molecule has 3 aliphatic rings. The van der Waals surface area contributed by atoms with Crippen molar-refractivity contribution in [1.29, 1.82) is 5.26 Å². The van der Waals surface area contributed by atoms with Gasteiger partial charge < -0.3 is 10.4 Å². The third kappa shape index (κ3) is 3.94. The van der Waals surface area contributed by atoms with E-state index in [1.165, 1.54) is 12.0 Å². The summed E-state index contributed by atoms with van der Waals surface area (Å²) in [5, 5.41) is 24.0. The predicted octanol–water partition coefficient (Wildman–Crippen LogP) is 3.57. The molecular formula is C27H31N3O2. The second kappa shape index (κ2) is 8.69. The van der Waals surface area contributed by atoms with Crippen LogP contribution in [-0.2, 0) is 16.9 Å². The van der Waals surface area contributed by atoms with Gasteiger partial charge in [-0.25, -0.2) is 0 Å². The van der Waals surface area contributed by atoms with E-state index >= 15 is 0 Å². The topological polar surface area (TPSA) is 76.4 Å². The molecule has 3 atom stereocenters. The summed E-state index contributed by atoms with van der Waals surface area (Å²) in [5.74, 6) is 0.686. The summed E-state index contributed by atoms with van der Waals surface area (Å²) < 4.78 is 0. The molecule has 5 heteroatoms. The largest absolute Gasteiger partial charge is 0.375 e. The van der Waals surface area contributed by atoms with Crippen molar-refractivity contribution in [3.05, 3.63) is 71.3 Å². The van der Waals surface area contributed by atoms with Crippen LogP contribution in [0.25, 0.3) is 0 Å². The SMILES string of the molecule is N#Cc1ccc(CN2CC3C(C2)C3NC(=O)C(O)(c2ccccc2)C2CCCCC2)cc1. The quantitative estimate of drug-likeness (QED) is 0.736. The highest BCUT2D eigenvalue weighted by atomic mass is 16.3. The number of nitrogens with zero attached hydrogens (tertiary/aromatic N) is 2. The molecule has 1 saturated heterocycles. The Kier molecular flexibility index (Phi) is 5.75. The third-order valence-electron chi connectivity index (χ3n) is 7.81. The lowest BCUT2D eigenvalue weighted by molar-refractivity contribution is -0.149. The van der Waals surface area contributed by atoms with Crippen LogP contribution in [0.2, 0.25) is 0 Å². The lowest BCUT2D eigenvalue weighted by Gasteiger charge is -2.38. The van der Waals surface area contributed by atoms with Crippen LogP contribution in [-0.4, -0.2) is 35.0 Å². The molecule has 5 nitrogen and oxygen atoms in total. The number of hydrogen-bond donors (Lipinski definition) is 2. The number of rotatable bonds is 6. The van der Waals surface area contributed by atoms with Gasteiger partial charge in [0.25, 0.3) is 5.91 Å². The number of aliphatic hydroxyl groups is 1. The van der Waals surface area contributed by atoms with Gasteiger partial charge in [0.15, 0.2) is 5.60 Å². The summed E-state index contributed by atoms with van der Waals surface area (Å²) in [7, 11) is 0. The van der Waals surface area contributed by atoms with Crippen LogP contribution >= 0.6 is 0 Å². The minimum absolute atomic E-state index is 0.0230. The van der Waals surface area contributed by atoms with Crippen molar-refractivity contribution in [3.8, 4) is 6.07 Å². The average Bonchev–Trinajstić information content (AvgIpc) is 3.28. The molecule has 0 bridgehead atoms. The van der Waals surface area contributed by atoms with E-state index in [9.17, 15) is 9.90 Å². The summed E-state index contributed by atoms with van der Waals surface area (Å²) in [4.78, 5) is 15.9. The number of nitrogens with one attached hydrogen (secondary N) is 1. The average molecular weight is 430 g/mol. The summed E-state index contributed by atoms with van der Waals surface area (Å²) in [6.07, 6.45) is 5.13. The van der Waals surface area contributed by atoms with Crippen molar-refractivity contribution in [2.75, 3.05) is 13.1 Å². The predicted molar refractivity (Wildman–Crippen MR) is 122 cm³/mol. The minimum atomic E-state index is -1.44. The van der Waals surface area contributed by atoms with Crippen LogP contribution in [0.5, 0.6) is 0 Å². The van der Waals surface area contributed by atoms with Crippen molar-refractivity contribution >= 4 is 5.91 Å². The zero-order chi connectivity index (χ0) is 22.1. The Balaban J connectivity index is 1.22. The van der Waals surface area contributed by atoms with Gasteiger partial charge in [0.2, 0.25) is 0 Å². The number of carbonyl (C=O) groups excluding carboxylic acids is 1. The fourth-order valence-corrected chi connectivity index (χ4v) is 5.93. The summed E-state index contributed by atoms with van der Waals surface area (Å²) in [5.41, 5.74) is 1.17. The van der Waals surface area contributed by atoms with E-state index in [0.717, 1.165) is 50.9 Å². The van der Waals surface area contributed by atoms with Crippen LogP contribution in [0.4, 0.5) is 0 Å². The molecule has 0 spiro atoms. The van der Waals surface area contributed by atoms with Crippen molar-refractivity contribution in [3.63, 3.8) is 0 Å². The number of fused-ring (bicyclic) bond motifs is 1. The molecule has 2 aromatic carbocycles. The highest BCUT2D eigenvalue weighted by Crippen LogP contribution is 2.47. The number of carbonyl (C=O) groups is 1. The zero-order valence-electron chi connectivity index (χ0n) is 18.4. The second-order valence-corrected chi connectivity index (χ2v) is 9.80. The Bertz CT molecular complexity index is 982. The van der Waals surface area contributed by atoms with Gasteiger partial charge in [-0.3, -0.25) is 9.69 Å². The van der Waals surface area contributed by atoms with Crippen LogP contribution in [0, 0.1) is 29.1 Å². The molecule has 2 saturated carbocycles. The van der Waals surface area contributed by atoms with Crippen molar-refractivity contribution < 1.29 is 9.90 Å². The summed E-state index contributed by atoms with van der Waals surface area (Å²) in [6.45, 7) is 2.79. The van der Waals surface area contributed by atoms with E-state index < -0.39 is 5.60 Å². The summed E-state index contributed by atoms with van der Waals surface area (Å²) in [6, 6.07) is 19.6. The molecule has 2 aromatic rings. The molecule has 5 rings (SSSR count). The van der Waals surface area contributed by atoms with Gasteiger partial charge in [-0.2, -0.15) is 5.26 Å². The van der Waals surface area contributed by atoms with Crippen LogP contribution in [0.3, 0.4) is 0 Å². The number of likely N-dealkylation sites (tertiary alicyclic amines) is 1. The molecule has 1 heterocycles. The monoisotopic (exact) mass is 429 g/mol. The fraction of sp³-hybridized carbons (Fsp3) is 0.481. The van der Waals surface area contributed by atoms with Gasteiger partial charge in [0.05, 0.1) is 11.6 Å². The standard InChI is InChI=1S/C27H31N3O2/c28-15-19-11-13-20(14-12-19)16-30-17-23-24(18-30)25(23)29-26(31)27(32,21-7-3-1-4-8-21)22-9-5-2-6-10-22/h1,3-4,7-8,11-14,22-25,32H,2,5-6,9-10,16-18H2,(H,29,31). The zero-order valence-corrected chi connectivity index (χ0v) is 18.4. The van der Waals surface area contributed by atoms with E-state index in [0.29, 0.717) is 17.4 Å². The van der Waals surface area contributed by atoms with Crippen LogP contribution in [0.1, 0.15) is 48.8 Å². The highest BCUT2D eigenvalue weighted by molar-refractivity contribution is 5.87. The Morgan fingerprint density at radius 1 is 1.03 bits per heavy atom. The van der Waals surface area contributed by atoms with Gasteiger partial charge in [-0.05, 0) is 47.9 Å². The Morgan fingerprint density at radius 3 is 2.31 bits per heavy atom. The maximum atomic E-state index is 13.5. The van der Waals surface area contributed by atoms with Gasteiger partial charge in [0, 0.05) is 31.6 Å².